The van der Waals surface area contributed by atoms with E-state index in [1.807, 2.05) is 47.4 Å². The van der Waals surface area contributed by atoms with Gasteiger partial charge < -0.3 is 14.4 Å². The van der Waals surface area contributed by atoms with Gasteiger partial charge in [0.1, 0.15) is 6.61 Å². The monoisotopic (exact) mass is 432 g/mol. The summed E-state index contributed by atoms with van der Waals surface area (Å²) in [6, 6.07) is 15.2. The van der Waals surface area contributed by atoms with Crippen molar-refractivity contribution in [1.29, 1.82) is 0 Å². The Balaban J connectivity index is 1.25. The molecule has 2 amide bonds. The van der Waals surface area contributed by atoms with Crippen molar-refractivity contribution >= 4 is 23.7 Å². The molecule has 2 aromatic rings. The molecule has 32 heavy (non-hydrogen) atoms. The first kappa shape index (κ1) is 19.3. The van der Waals surface area contributed by atoms with E-state index in [0.717, 1.165) is 36.1 Å². The highest BCUT2D eigenvalue weighted by atomic mass is 16.6. The maximum atomic E-state index is 13.8. The maximum absolute atomic E-state index is 13.8. The minimum absolute atomic E-state index is 0.106. The number of likely N-dealkylation sites (tertiary alicyclic amines) is 1. The number of esters is 1. The average molecular weight is 432 g/mol. The average Bonchev–Trinajstić information content (AvgIpc) is 3.47. The van der Waals surface area contributed by atoms with Crippen LogP contribution >= 0.6 is 0 Å². The number of nitrogens with zero attached hydrogens (tertiary/aromatic N) is 2. The lowest BCUT2D eigenvalue weighted by Crippen LogP contribution is -2.51. The molecule has 1 spiro atoms. The van der Waals surface area contributed by atoms with E-state index in [1.165, 1.54) is 0 Å². The second-order valence-corrected chi connectivity index (χ2v) is 9.15. The predicted molar refractivity (Wildman–Crippen MR) is 115 cm³/mol. The van der Waals surface area contributed by atoms with Crippen molar-refractivity contribution < 1.29 is 23.9 Å². The third kappa shape index (κ3) is 2.63. The quantitative estimate of drug-likeness (QED) is 0.696. The Morgan fingerprint density at radius 2 is 1.72 bits per heavy atom. The van der Waals surface area contributed by atoms with Crippen molar-refractivity contribution in [3.05, 3.63) is 65.2 Å². The molecule has 3 fully saturated rings. The molecule has 6 rings (SSSR count). The lowest BCUT2D eigenvalue weighted by molar-refractivity contribution is -0.140. The number of benzene rings is 2. The third-order valence-corrected chi connectivity index (χ3v) is 7.55. The molecule has 1 saturated carbocycles. The zero-order chi connectivity index (χ0) is 21.9. The van der Waals surface area contributed by atoms with Crippen LogP contribution in [-0.2, 0) is 25.3 Å². The van der Waals surface area contributed by atoms with Gasteiger partial charge in [-0.05, 0) is 36.6 Å². The second kappa shape index (κ2) is 6.82. The van der Waals surface area contributed by atoms with Crippen molar-refractivity contribution in [3.63, 3.8) is 0 Å². The Morgan fingerprint density at radius 1 is 0.938 bits per heavy atom. The number of rotatable bonds is 3. The van der Waals surface area contributed by atoms with E-state index >= 15 is 0 Å². The van der Waals surface area contributed by atoms with Crippen LogP contribution in [0, 0.1) is 0 Å². The van der Waals surface area contributed by atoms with Crippen LogP contribution in [0.4, 0.5) is 10.5 Å². The molecular weight excluding hydrogens is 408 g/mol. The Kier molecular flexibility index (Phi) is 4.12. The smallest absolute Gasteiger partial charge is 0.414 e. The van der Waals surface area contributed by atoms with E-state index < -0.39 is 11.0 Å². The number of carbonyl (C=O) groups excluding carboxylic acids is 3. The van der Waals surface area contributed by atoms with Crippen LogP contribution in [0.2, 0.25) is 0 Å². The van der Waals surface area contributed by atoms with Crippen molar-refractivity contribution in [1.82, 2.24) is 4.90 Å². The van der Waals surface area contributed by atoms with Crippen LogP contribution in [0.3, 0.4) is 0 Å². The molecule has 3 aliphatic heterocycles. The van der Waals surface area contributed by atoms with E-state index in [2.05, 4.69) is 0 Å². The molecule has 2 aromatic carbocycles. The van der Waals surface area contributed by atoms with Crippen molar-refractivity contribution in [2.45, 2.75) is 36.7 Å². The molecule has 0 bridgehead atoms. The molecule has 1 atom stereocenters. The Labute approximate surface area is 185 Å². The summed E-state index contributed by atoms with van der Waals surface area (Å²) in [4.78, 5) is 41.5. The standard InChI is InChI=1S/C25H24N2O5/c28-21-19-4-1-2-5-20(19)25(32-21)12-13-26(16-25)22(29)24(10-3-11-24)17-6-8-18(9-7-17)27-14-15-31-23(27)30/h1-2,4-9H,3,10-16H2. The normalized spacial score (nSPS) is 25.5. The van der Waals surface area contributed by atoms with Gasteiger partial charge in [0, 0.05) is 24.2 Å². The number of amides is 2. The van der Waals surface area contributed by atoms with Crippen molar-refractivity contribution in [2.75, 3.05) is 31.1 Å². The fourth-order valence-electron chi connectivity index (χ4n) is 5.65. The fraction of sp³-hybridized carbons (Fsp3) is 0.400. The summed E-state index contributed by atoms with van der Waals surface area (Å²) < 4.78 is 10.9. The molecule has 0 radical (unpaired) electrons. The summed E-state index contributed by atoms with van der Waals surface area (Å²) >= 11 is 0. The van der Waals surface area contributed by atoms with Gasteiger partial charge in [0.25, 0.3) is 0 Å². The molecule has 4 aliphatic rings. The minimum atomic E-state index is -0.728. The molecule has 0 aromatic heterocycles. The van der Waals surface area contributed by atoms with E-state index in [1.54, 1.807) is 11.0 Å². The topological polar surface area (TPSA) is 76.2 Å². The number of cyclic esters (lactones) is 1. The Morgan fingerprint density at radius 3 is 2.41 bits per heavy atom. The largest absolute Gasteiger partial charge is 0.449 e. The van der Waals surface area contributed by atoms with Crippen LogP contribution in [-0.4, -0.2) is 49.1 Å². The number of ether oxygens (including phenoxy) is 2. The first-order valence-electron chi connectivity index (χ1n) is 11.2. The lowest BCUT2D eigenvalue weighted by Gasteiger charge is -2.43. The highest BCUT2D eigenvalue weighted by Crippen LogP contribution is 2.49. The number of hydrogen-bond donors (Lipinski definition) is 0. The Hall–Kier alpha value is -3.35. The van der Waals surface area contributed by atoms with Gasteiger partial charge in [-0.15, -0.1) is 0 Å². The summed E-state index contributed by atoms with van der Waals surface area (Å²) in [5, 5.41) is 0. The van der Waals surface area contributed by atoms with Crippen molar-refractivity contribution in [3.8, 4) is 0 Å². The highest BCUT2D eigenvalue weighted by molar-refractivity contribution is 5.95. The molecule has 1 unspecified atom stereocenters. The summed E-state index contributed by atoms with van der Waals surface area (Å²) in [6.07, 6.45) is 2.89. The zero-order valence-corrected chi connectivity index (χ0v) is 17.7. The second-order valence-electron chi connectivity index (χ2n) is 9.15. The highest BCUT2D eigenvalue weighted by Gasteiger charge is 2.55. The van der Waals surface area contributed by atoms with Gasteiger partial charge in [0.05, 0.1) is 24.1 Å². The first-order valence-corrected chi connectivity index (χ1v) is 11.2. The number of carbonyl (C=O) groups is 3. The maximum Gasteiger partial charge on any atom is 0.414 e. The van der Waals surface area contributed by atoms with E-state index in [4.69, 9.17) is 9.47 Å². The zero-order valence-electron chi connectivity index (χ0n) is 17.7. The van der Waals surface area contributed by atoms with Gasteiger partial charge in [-0.2, -0.15) is 0 Å². The minimum Gasteiger partial charge on any atom is -0.449 e. The summed E-state index contributed by atoms with van der Waals surface area (Å²) in [7, 11) is 0. The van der Waals surface area contributed by atoms with Crippen LogP contribution < -0.4 is 4.90 Å². The number of anilines is 1. The fourth-order valence-corrected chi connectivity index (χ4v) is 5.65. The number of fused-ring (bicyclic) bond motifs is 2. The predicted octanol–water partition coefficient (Wildman–Crippen LogP) is 3.36. The molecule has 164 valence electrons. The molecule has 7 nitrogen and oxygen atoms in total. The van der Waals surface area contributed by atoms with Gasteiger partial charge in [-0.3, -0.25) is 9.69 Å². The summed E-state index contributed by atoms with van der Waals surface area (Å²) in [6.45, 7) is 1.90. The van der Waals surface area contributed by atoms with Crippen LogP contribution in [0.25, 0.3) is 0 Å². The summed E-state index contributed by atoms with van der Waals surface area (Å²) in [5.41, 5.74) is 2.00. The van der Waals surface area contributed by atoms with Crippen molar-refractivity contribution in [2.24, 2.45) is 0 Å². The van der Waals surface area contributed by atoms with Crippen LogP contribution in [0.1, 0.15) is 47.2 Å². The molecule has 0 N–H and O–H groups in total. The Bertz CT molecular complexity index is 1120. The molecule has 3 heterocycles. The molecule has 7 heteroatoms. The van der Waals surface area contributed by atoms with E-state index in [-0.39, 0.29) is 18.0 Å². The molecule has 1 aliphatic carbocycles. The van der Waals surface area contributed by atoms with Crippen LogP contribution in [0.15, 0.2) is 48.5 Å². The van der Waals surface area contributed by atoms with Gasteiger partial charge in [0.2, 0.25) is 5.91 Å². The van der Waals surface area contributed by atoms with Gasteiger partial charge in [0.15, 0.2) is 5.60 Å². The first-order chi connectivity index (χ1) is 15.5. The summed E-state index contributed by atoms with van der Waals surface area (Å²) in [5.74, 6) is -0.196. The van der Waals surface area contributed by atoms with E-state index in [9.17, 15) is 14.4 Å². The lowest BCUT2D eigenvalue weighted by atomic mass is 9.63. The van der Waals surface area contributed by atoms with Gasteiger partial charge >= 0.3 is 12.1 Å². The van der Waals surface area contributed by atoms with Crippen LogP contribution in [0.5, 0.6) is 0 Å². The molecule has 2 saturated heterocycles. The van der Waals surface area contributed by atoms with Gasteiger partial charge in [-0.25, -0.2) is 9.59 Å². The van der Waals surface area contributed by atoms with Gasteiger partial charge in [-0.1, -0.05) is 36.8 Å². The number of hydrogen-bond acceptors (Lipinski definition) is 5. The van der Waals surface area contributed by atoms with E-state index in [0.29, 0.717) is 38.2 Å². The SMILES string of the molecule is O=C1OC2(CCN(C(=O)C3(c4ccc(N5CCOC5=O)cc4)CCC3)C2)c2ccccc21. The molecular formula is C25H24N2O5. The third-order valence-electron chi connectivity index (χ3n) is 7.55.